The molecule has 0 saturated carbocycles. The van der Waals surface area contributed by atoms with E-state index in [9.17, 15) is 9.59 Å². The predicted octanol–water partition coefficient (Wildman–Crippen LogP) is 1.81. The van der Waals surface area contributed by atoms with Gasteiger partial charge in [0.1, 0.15) is 0 Å². The third-order valence-corrected chi connectivity index (χ3v) is 3.68. The second kappa shape index (κ2) is 9.41. The van der Waals surface area contributed by atoms with Gasteiger partial charge >= 0.3 is 5.97 Å². The molecule has 21 heavy (non-hydrogen) atoms. The number of methoxy groups -OCH3 is 1. The van der Waals surface area contributed by atoms with E-state index in [0.29, 0.717) is 24.9 Å². The monoisotopic (exact) mass is 310 g/mol. The van der Waals surface area contributed by atoms with Gasteiger partial charge in [-0.1, -0.05) is 12.1 Å². The van der Waals surface area contributed by atoms with Crippen LogP contribution >= 0.6 is 11.8 Å². The van der Waals surface area contributed by atoms with E-state index in [-0.39, 0.29) is 11.9 Å². The first kappa shape index (κ1) is 17.5. The summed E-state index contributed by atoms with van der Waals surface area (Å²) in [7, 11) is 1.38. The van der Waals surface area contributed by atoms with Crippen molar-refractivity contribution in [2.24, 2.45) is 5.73 Å². The summed E-state index contributed by atoms with van der Waals surface area (Å²) in [5.74, 6) is 0.458. The first-order valence-corrected chi connectivity index (χ1v) is 8.17. The average Bonchev–Trinajstić information content (AvgIpc) is 2.51. The van der Waals surface area contributed by atoms with E-state index in [1.807, 2.05) is 30.5 Å². The van der Waals surface area contributed by atoms with E-state index in [0.717, 1.165) is 11.3 Å². The van der Waals surface area contributed by atoms with Crippen molar-refractivity contribution < 1.29 is 14.3 Å². The van der Waals surface area contributed by atoms with Gasteiger partial charge in [-0.25, -0.2) is 0 Å². The average molecular weight is 310 g/mol. The predicted molar refractivity (Wildman–Crippen MR) is 86.4 cm³/mol. The van der Waals surface area contributed by atoms with Crippen molar-refractivity contribution in [1.29, 1.82) is 0 Å². The Balaban J connectivity index is 2.46. The first-order chi connectivity index (χ1) is 10.1. The van der Waals surface area contributed by atoms with Crippen LogP contribution < -0.4 is 11.1 Å². The Bertz CT molecular complexity index is 462. The van der Waals surface area contributed by atoms with E-state index in [1.54, 1.807) is 11.8 Å². The fraction of sp³-hybridized carbons (Fsp3) is 0.467. The van der Waals surface area contributed by atoms with Crippen molar-refractivity contribution in [3.05, 3.63) is 29.8 Å². The van der Waals surface area contributed by atoms with Gasteiger partial charge in [-0.05, 0) is 42.5 Å². The summed E-state index contributed by atoms with van der Waals surface area (Å²) >= 11 is 1.67. The summed E-state index contributed by atoms with van der Waals surface area (Å²) in [4.78, 5) is 22.9. The van der Waals surface area contributed by atoms with Crippen molar-refractivity contribution in [2.75, 3.05) is 24.4 Å². The minimum Gasteiger partial charge on any atom is -0.469 e. The number of amides is 1. The van der Waals surface area contributed by atoms with Gasteiger partial charge in [0, 0.05) is 12.1 Å². The van der Waals surface area contributed by atoms with Crippen LogP contribution in [0.1, 0.15) is 18.4 Å². The van der Waals surface area contributed by atoms with E-state index in [1.165, 1.54) is 7.11 Å². The smallest absolute Gasteiger partial charge is 0.305 e. The van der Waals surface area contributed by atoms with Crippen LogP contribution in [0.25, 0.3) is 0 Å². The molecule has 6 heteroatoms. The Kier molecular flexibility index (Phi) is 7.85. The van der Waals surface area contributed by atoms with Crippen LogP contribution in [0.3, 0.4) is 0 Å². The molecular weight excluding hydrogens is 288 g/mol. The normalized spacial score (nSPS) is 11.8. The number of esters is 1. The maximum Gasteiger partial charge on any atom is 0.305 e. The molecule has 3 N–H and O–H groups in total. The molecule has 0 aliphatic carbocycles. The zero-order valence-corrected chi connectivity index (χ0v) is 13.2. The van der Waals surface area contributed by atoms with Crippen LogP contribution in [0.4, 0.5) is 5.69 Å². The van der Waals surface area contributed by atoms with E-state index < -0.39 is 6.04 Å². The molecule has 0 unspecified atom stereocenters. The zero-order valence-electron chi connectivity index (χ0n) is 12.4. The molecule has 5 nitrogen and oxygen atoms in total. The second-order valence-electron chi connectivity index (χ2n) is 4.65. The lowest BCUT2D eigenvalue weighted by Crippen LogP contribution is -2.36. The van der Waals surface area contributed by atoms with Crippen molar-refractivity contribution in [2.45, 2.75) is 25.3 Å². The summed E-state index contributed by atoms with van der Waals surface area (Å²) in [6.07, 6.45) is 3.61. The van der Waals surface area contributed by atoms with E-state index >= 15 is 0 Å². The highest BCUT2D eigenvalue weighted by Crippen LogP contribution is 2.12. The summed E-state index contributed by atoms with van der Waals surface area (Å²) in [5.41, 5.74) is 7.53. The van der Waals surface area contributed by atoms with Gasteiger partial charge in [0.15, 0.2) is 0 Å². The van der Waals surface area contributed by atoms with Crippen LogP contribution in [0.15, 0.2) is 24.3 Å². The molecule has 0 aromatic heterocycles. The Labute approximate surface area is 129 Å². The Morgan fingerprint density at radius 3 is 2.57 bits per heavy atom. The molecule has 0 aliphatic rings. The maximum absolute atomic E-state index is 11.9. The number of aryl methyl sites for hydroxylation is 1. The van der Waals surface area contributed by atoms with Crippen molar-refractivity contribution in [3.8, 4) is 0 Å². The van der Waals surface area contributed by atoms with Crippen LogP contribution in [0.2, 0.25) is 0 Å². The van der Waals surface area contributed by atoms with Gasteiger partial charge < -0.3 is 15.8 Å². The fourth-order valence-electron chi connectivity index (χ4n) is 1.71. The summed E-state index contributed by atoms with van der Waals surface area (Å²) < 4.78 is 4.60. The molecule has 1 amide bonds. The quantitative estimate of drug-likeness (QED) is 0.716. The van der Waals surface area contributed by atoms with Crippen molar-refractivity contribution in [1.82, 2.24) is 0 Å². The van der Waals surface area contributed by atoms with Gasteiger partial charge in [0.25, 0.3) is 0 Å². The van der Waals surface area contributed by atoms with E-state index in [2.05, 4.69) is 10.1 Å². The second-order valence-corrected chi connectivity index (χ2v) is 5.64. The minimum absolute atomic E-state index is 0.175. The molecule has 0 aliphatic heterocycles. The van der Waals surface area contributed by atoms with Crippen LogP contribution in [0, 0.1) is 0 Å². The summed E-state index contributed by atoms with van der Waals surface area (Å²) in [6.45, 7) is 0. The number of carbonyl (C=O) groups excluding carboxylic acids is 2. The molecule has 0 spiro atoms. The van der Waals surface area contributed by atoms with Crippen molar-refractivity contribution >= 4 is 29.3 Å². The molecule has 0 bridgehead atoms. The number of nitrogens with two attached hydrogens (primary N) is 1. The summed E-state index contributed by atoms with van der Waals surface area (Å²) in [5, 5.41) is 2.79. The van der Waals surface area contributed by atoms with Crippen LogP contribution in [0.5, 0.6) is 0 Å². The largest absolute Gasteiger partial charge is 0.469 e. The van der Waals surface area contributed by atoms with E-state index in [4.69, 9.17) is 5.73 Å². The number of hydrogen-bond acceptors (Lipinski definition) is 5. The first-order valence-electron chi connectivity index (χ1n) is 6.78. The molecule has 0 saturated heterocycles. The lowest BCUT2D eigenvalue weighted by atomic mass is 10.1. The van der Waals surface area contributed by atoms with Gasteiger partial charge in [-0.3, -0.25) is 9.59 Å². The Morgan fingerprint density at radius 1 is 1.33 bits per heavy atom. The molecule has 1 aromatic rings. The van der Waals surface area contributed by atoms with Crippen LogP contribution in [-0.4, -0.2) is 37.0 Å². The number of nitrogens with one attached hydrogen (secondary N) is 1. The number of ether oxygens (including phenoxy) is 1. The summed E-state index contributed by atoms with van der Waals surface area (Å²) in [6, 6.07) is 6.90. The fourth-order valence-corrected chi connectivity index (χ4v) is 2.20. The topological polar surface area (TPSA) is 81.4 Å². The standard InChI is InChI=1S/C15H22N2O3S/c1-20-14(18)8-5-11-3-6-12(7-4-11)17-15(19)13(16)9-10-21-2/h3-4,6-7,13H,5,8-10,16H2,1-2H3,(H,17,19)/t13-/m0/s1. The minimum atomic E-state index is -0.489. The highest BCUT2D eigenvalue weighted by Gasteiger charge is 2.12. The number of thioether (sulfide) groups is 1. The molecule has 0 fully saturated rings. The molecule has 1 aromatic carbocycles. The maximum atomic E-state index is 11.9. The highest BCUT2D eigenvalue weighted by atomic mass is 32.2. The molecule has 0 radical (unpaired) electrons. The van der Waals surface area contributed by atoms with Crippen molar-refractivity contribution in [3.63, 3.8) is 0 Å². The highest BCUT2D eigenvalue weighted by molar-refractivity contribution is 7.98. The lowest BCUT2D eigenvalue weighted by molar-refractivity contribution is -0.140. The number of benzene rings is 1. The van der Waals surface area contributed by atoms with Gasteiger partial charge in [0.2, 0.25) is 5.91 Å². The SMILES string of the molecule is COC(=O)CCc1ccc(NC(=O)[C@@H](N)CCSC)cc1. The number of carbonyl (C=O) groups is 2. The van der Waals surface area contributed by atoms with Gasteiger partial charge in [-0.15, -0.1) is 0 Å². The zero-order chi connectivity index (χ0) is 15.7. The van der Waals surface area contributed by atoms with Gasteiger partial charge in [0.05, 0.1) is 13.2 Å². The Hall–Kier alpha value is -1.53. The van der Waals surface area contributed by atoms with Crippen LogP contribution in [-0.2, 0) is 20.7 Å². The molecular formula is C15H22N2O3S. The number of anilines is 1. The lowest BCUT2D eigenvalue weighted by Gasteiger charge is -2.12. The van der Waals surface area contributed by atoms with Gasteiger partial charge in [-0.2, -0.15) is 11.8 Å². The third-order valence-electron chi connectivity index (χ3n) is 3.04. The number of hydrogen-bond donors (Lipinski definition) is 2. The molecule has 1 atom stereocenters. The number of rotatable bonds is 8. The molecule has 116 valence electrons. The molecule has 1 rings (SSSR count). The molecule has 0 heterocycles. The third kappa shape index (κ3) is 6.64. The Morgan fingerprint density at radius 2 is 2.00 bits per heavy atom.